The molecule has 5 unspecified atom stereocenters. The van der Waals surface area contributed by atoms with Gasteiger partial charge in [-0.15, -0.1) is 0 Å². The molecule has 0 aliphatic heterocycles. The van der Waals surface area contributed by atoms with Crippen LogP contribution in [0.5, 0.6) is 0 Å². The molecule has 2 aliphatic carbocycles. The van der Waals surface area contributed by atoms with Crippen molar-refractivity contribution >= 4 is 0 Å². The van der Waals surface area contributed by atoms with Crippen molar-refractivity contribution in [1.29, 1.82) is 0 Å². The molecule has 1 N–H and O–H groups in total. The zero-order chi connectivity index (χ0) is 10.8. The van der Waals surface area contributed by atoms with Crippen LogP contribution < -0.4 is 0 Å². The Balaban J connectivity index is 1.90. The molecule has 0 aromatic carbocycles. The fraction of sp³-hybridized carbons (Fsp3) is 1.00. The fourth-order valence-corrected chi connectivity index (χ4v) is 3.69. The van der Waals surface area contributed by atoms with E-state index in [4.69, 9.17) is 9.84 Å². The second-order valence-electron chi connectivity index (χ2n) is 5.42. The molecule has 0 aromatic rings. The Morgan fingerprint density at radius 1 is 1.33 bits per heavy atom. The first-order valence-electron chi connectivity index (χ1n) is 6.48. The van der Waals surface area contributed by atoms with Gasteiger partial charge in [-0.2, -0.15) is 0 Å². The third-order valence-corrected chi connectivity index (χ3v) is 4.60. The SMILES string of the molecule is CCC(C)C1CC2CC(OCCO)C1C2. The van der Waals surface area contributed by atoms with Crippen LogP contribution in [0.15, 0.2) is 0 Å². The first-order valence-corrected chi connectivity index (χ1v) is 6.48. The molecule has 15 heavy (non-hydrogen) atoms. The third-order valence-electron chi connectivity index (χ3n) is 4.60. The van der Waals surface area contributed by atoms with Crippen molar-refractivity contribution in [2.24, 2.45) is 23.7 Å². The van der Waals surface area contributed by atoms with Crippen LogP contribution in [0.25, 0.3) is 0 Å². The van der Waals surface area contributed by atoms with E-state index < -0.39 is 0 Å². The zero-order valence-electron chi connectivity index (χ0n) is 9.98. The van der Waals surface area contributed by atoms with E-state index in [0.29, 0.717) is 12.7 Å². The van der Waals surface area contributed by atoms with Crippen LogP contribution in [0.2, 0.25) is 0 Å². The number of rotatable bonds is 5. The minimum Gasteiger partial charge on any atom is -0.394 e. The molecule has 2 nitrogen and oxygen atoms in total. The molecule has 2 rings (SSSR count). The minimum atomic E-state index is 0.169. The van der Waals surface area contributed by atoms with Crippen LogP contribution in [-0.2, 0) is 4.74 Å². The lowest BCUT2D eigenvalue weighted by Gasteiger charge is -2.33. The van der Waals surface area contributed by atoms with E-state index in [1.54, 1.807) is 0 Å². The lowest BCUT2D eigenvalue weighted by molar-refractivity contribution is -0.0246. The highest BCUT2D eigenvalue weighted by molar-refractivity contribution is 4.97. The van der Waals surface area contributed by atoms with Crippen LogP contribution in [0.1, 0.15) is 39.5 Å². The summed E-state index contributed by atoms with van der Waals surface area (Å²) in [7, 11) is 0. The molecule has 5 atom stereocenters. The first kappa shape index (κ1) is 11.4. The van der Waals surface area contributed by atoms with Crippen molar-refractivity contribution in [2.75, 3.05) is 13.2 Å². The van der Waals surface area contributed by atoms with Gasteiger partial charge in [0.2, 0.25) is 0 Å². The Bertz CT molecular complexity index is 205. The second kappa shape index (κ2) is 4.84. The number of aliphatic hydroxyl groups is 1. The van der Waals surface area contributed by atoms with Gasteiger partial charge in [0.25, 0.3) is 0 Å². The average Bonchev–Trinajstić information content (AvgIpc) is 2.84. The molecular formula is C13H24O2. The van der Waals surface area contributed by atoms with Gasteiger partial charge in [0.15, 0.2) is 0 Å². The van der Waals surface area contributed by atoms with E-state index in [1.165, 1.54) is 25.7 Å². The van der Waals surface area contributed by atoms with Crippen LogP contribution in [0, 0.1) is 23.7 Å². The smallest absolute Gasteiger partial charge is 0.0701 e. The highest BCUT2D eigenvalue weighted by atomic mass is 16.5. The van der Waals surface area contributed by atoms with Gasteiger partial charge in [0, 0.05) is 0 Å². The highest BCUT2D eigenvalue weighted by Gasteiger charge is 2.47. The van der Waals surface area contributed by atoms with Gasteiger partial charge in [0.1, 0.15) is 0 Å². The topological polar surface area (TPSA) is 29.5 Å². The number of aliphatic hydroxyl groups excluding tert-OH is 1. The van der Waals surface area contributed by atoms with Crippen molar-refractivity contribution < 1.29 is 9.84 Å². The van der Waals surface area contributed by atoms with E-state index in [2.05, 4.69) is 13.8 Å². The Hall–Kier alpha value is -0.0800. The van der Waals surface area contributed by atoms with Gasteiger partial charge in [0.05, 0.1) is 19.3 Å². The van der Waals surface area contributed by atoms with Gasteiger partial charge in [-0.1, -0.05) is 20.3 Å². The Morgan fingerprint density at radius 3 is 2.73 bits per heavy atom. The summed E-state index contributed by atoms with van der Waals surface area (Å²) in [6, 6.07) is 0. The summed E-state index contributed by atoms with van der Waals surface area (Å²) in [6.07, 6.45) is 5.80. The van der Waals surface area contributed by atoms with Gasteiger partial charge in [-0.05, 0) is 42.9 Å². The highest BCUT2D eigenvalue weighted by Crippen LogP contribution is 2.52. The molecule has 0 aromatic heterocycles. The summed E-state index contributed by atoms with van der Waals surface area (Å²) in [6.45, 7) is 5.37. The second-order valence-corrected chi connectivity index (χ2v) is 5.42. The quantitative estimate of drug-likeness (QED) is 0.758. The maximum Gasteiger partial charge on any atom is 0.0701 e. The molecule has 0 saturated heterocycles. The van der Waals surface area contributed by atoms with Crippen LogP contribution in [0.3, 0.4) is 0 Å². The summed E-state index contributed by atoms with van der Waals surface area (Å²) in [4.78, 5) is 0. The van der Waals surface area contributed by atoms with Crippen molar-refractivity contribution in [2.45, 2.75) is 45.6 Å². The van der Waals surface area contributed by atoms with Crippen LogP contribution in [-0.4, -0.2) is 24.4 Å². The lowest BCUT2D eigenvalue weighted by Crippen LogP contribution is -2.31. The first-order chi connectivity index (χ1) is 7.26. The monoisotopic (exact) mass is 212 g/mol. The largest absolute Gasteiger partial charge is 0.394 e. The number of ether oxygens (including phenoxy) is 1. The minimum absolute atomic E-state index is 0.169. The summed E-state index contributed by atoms with van der Waals surface area (Å²) < 4.78 is 5.76. The number of hydrogen-bond donors (Lipinski definition) is 1. The van der Waals surface area contributed by atoms with Crippen molar-refractivity contribution in [1.82, 2.24) is 0 Å². The zero-order valence-corrected chi connectivity index (χ0v) is 9.98. The third kappa shape index (κ3) is 2.21. The molecule has 2 bridgehead atoms. The average molecular weight is 212 g/mol. The molecule has 0 radical (unpaired) electrons. The molecule has 0 amide bonds. The van der Waals surface area contributed by atoms with Crippen molar-refractivity contribution in [3.8, 4) is 0 Å². The molecule has 2 fully saturated rings. The van der Waals surface area contributed by atoms with E-state index in [9.17, 15) is 0 Å². The summed E-state index contributed by atoms with van der Waals surface area (Å²) in [5, 5.41) is 8.79. The van der Waals surface area contributed by atoms with E-state index in [0.717, 1.165) is 23.7 Å². The predicted octanol–water partition coefficient (Wildman–Crippen LogP) is 2.46. The van der Waals surface area contributed by atoms with Gasteiger partial charge < -0.3 is 9.84 Å². The Morgan fingerprint density at radius 2 is 2.13 bits per heavy atom. The molecular weight excluding hydrogens is 188 g/mol. The number of hydrogen-bond acceptors (Lipinski definition) is 2. The number of fused-ring (bicyclic) bond motifs is 2. The molecule has 0 heterocycles. The Labute approximate surface area is 93.0 Å². The molecule has 2 heteroatoms. The van der Waals surface area contributed by atoms with Crippen molar-refractivity contribution in [3.05, 3.63) is 0 Å². The van der Waals surface area contributed by atoms with E-state index in [-0.39, 0.29) is 6.61 Å². The van der Waals surface area contributed by atoms with Gasteiger partial charge in [-0.3, -0.25) is 0 Å². The van der Waals surface area contributed by atoms with Gasteiger partial charge >= 0.3 is 0 Å². The summed E-state index contributed by atoms with van der Waals surface area (Å²) >= 11 is 0. The normalized spacial score (nSPS) is 41.0. The van der Waals surface area contributed by atoms with Gasteiger partial charge in [-0.25, -0.2) is 0 Å². The van der Waals surface area contributed by atoms with E-state index in [1.807, 2.05) is 0 Å². The molecule has 88 valence electrons. The maximum absolute atomic E-state index is 8.79. The summed E-state index contributed by atoms with van der Waals surface area (Å²) in [5.41, 5.74) is 0. The maximum atomic E-state index is 8.79. The molecule has 0 spiro atoms. The Kier molecular flexibility index (Phi) is 3.68. The van der Waals surface area contributed by atoms with Crippen LogP contribution >= 0.6 is 0 Å². The van der Waals surface area contributed by atoms with Crippen LogP contribution in [0.4, 0.5) is 0 Å². The van der Waals surface area contributed by atoms with Crippen molar-refractivity contribution in [3.63, 3.8) is 0 Å². The predicted molar refractivity (Wildman–Crippen MR) is 60.6 cm³/mol. The lowest BCUT2D eigenvalue weighted by atomic mass is 9.78. The summed E-state index contributed by atoms with van der Waals surface area (Å²) in [5.74, 6) is 3.44. The van der Waals surface area contributed by atoms with E-state index >= 15 is 0 Å². The molecule has 2 aliphatic rings. The fourth-order valence-electron chi connectivity index (χ4n) is 3.69. The standard InChI is InChI=1S/C13H24O2/c1-3-9(2)11-6-10-7-12(11)13(8-10)15-5-4-14/h9-14H,3-8H2,1-2H3. The molecule has 2 saturated carbocycles.